The molecule has 78 valence electrons. The zero-order chi connectivity index (χ0) is 9.52. The zero-order valence-corrected chi connectivity index (χ0v) is 9.01. The van der Waals surface area contributed by atoms with E-state index in [1.807, 2.05) is 0 Å². The Hall–Kier alpha value is -0.0800. The molecule has 0 radical (unpaired) electrons. The summed E-state index contributed by atoms with van der Waals surface area (Å²) in [6.07, 6.45) is 6.75. The van der Waals surface area contributed by atoms with Gasteiger partial charge in [-0.1, -0.05) is 19.8 Å². The van der Waals surface area contributed by atoms with Crippen LogP contribution in [0.2, 0.25) is 0 Å². The Kier molecular flexibility index (Phi) is 5.40. The molecule has 2 nitrogen and oxygen atoms in total. The molecule has 1 aliphatic carbocycles. The van der Waals surface area contributed by atoms with E-state index in [1.54, 1.807) is 7.11 Å². The molecule has 1 N–H and O–H groups in total. The summed E-state index contributed by atoms with van der Waals surface area (Å²) >= 11 is 0. The quantitative estimate of drug-likeness (QED) is 0.663. The van der Waals surface area contributed by atoms with Crippen molar-refractivity contribution in [1.82, 2.24) is 5.32 Å². The summed E-state index contributed by atoms with van der Waals surface area (Å²) < 4.78 is 5.02. The summed E-state index contributed by atoms with van der Waals surface area (Å²) in [6, 6.07) is 0.769. The second-order valence-corrected chi connectivity index (χ2v) is 4.17. The first-order valence-corrected chi connectivity index (χ1v) is 5.57. The maximum atomic E-state index is 5.02. The molecule has 0 aliphatic heterocycles. The van der Waals surface area contributed by atoms with Crippen molar-refractivity contribution in [2.24, 2.45) is 5.92 Å². The first-order chi connectivity index (χ1) is 6.34. The lowest BCUT2D eigenvalue weighted by Crippen LogP contribution is -2.37. The van der Waals surface area contributed by atoms with Gasteiger partial charge in [-0.3, -0.25) is 0 Å². The Morgan fingerprint density at radius 2 is 2.08 bits per heavy atom. The molecule has 2 atom stereocenters. The molecule has 0 saturated heterocycles. The Morgan fingerprint density at radius 1 is 1.31 bits per heavy atom. The fraction of sp³-hybridized carbons (Fsp3) is 1.00. The Morgan fingerprint density at radius 3 is 2.77 bits per heavy atom. The molecule has 2 heteroatoms. The minimum atomic E-state index is 0.769. The lowest BCUT2D eigenvalue weighted by Gasteiger charge is -2.29. The molecule has 0 aromatic rings. The highest BCUT2D eigenvalue weighted by Gasteiger charge is 2.19. The molecule has 0 unspecified atom stereocenters. The highest BCUT2D eigenvalue weighted by Crippen LogP contribution is 2.23. The average Bonchev–Trinajstić information content (AvgIpc) is 2.15. The summed E-state index contributed by atoms with van der Waals surface area (Å²) in [5.41, 5.74) is 0. The summed E-state index contributed by atoms with van der Waals surface area (Å²) in [4.78, 5) is 0. The summed E-state index contributed by atoms with van der Waals surface area (Å²) in [7, 11) is 1.77. The first-order valence-electron chi connectivity index (χ1n) is 5.57. The topological polar surface area (TPSA) is 21.3 Å². The van der Waals surface area contributed by atoms with Crippen LogP contribution in [0, 0.1) is 5.92 Å². The van der Waals surface area contributed by atoms with Crippen LogP contribution in [-0.4, -0.2) is 26.3 Å². The fourth-order valence-corrected chi connectivity index (χ4v) is 2.12. The van der Waals surface area contributed by atoms with E-state index in [9.17, 15) is 0 Å². The van der Waals surface area contributed by atoms with Crippen LogP contribution in [0.15, 0.2) is 0 Å². The van der Waals surface area contributed by atoms with Crippen molar-refractivity contribution in [3.05, 3.63) is 0 Å². The molecular formula is C11H23NO. The lowest BCUT2D eigenvalue weighted by molar-refractivity contribution is 0.189. The zero-order valence-electron chi connectivity index (χ0n) is 9.01. The van der Waals surface area contributed by atoms with Gasteiger partial charge in [0.05, 0.1) is 0 Å². The molecule has 0 aromatic heterocycles. The van der Waals surface area contributed by atoms with Gasteiger partial charge >= 0.3 is 0 Å². The Balaban J connectivity index is 2.05. The van der Waals surface area contributed by atoms with Crippen molar-refractivity contribution >= 4 is 0 Å². The molecule has 0 bridgehead atoms. The molecule has 0 aromatic carbocycles. The van der Waals surface area contributed by atoms with Crippen molar-refractivity contribution < 1.29 is 4.74 Å². The van der Waals surface area contributed by atoms with Gasteiger partial charge in [-0.05, 0) is 31.7 Å². The van der Waals surface area contributed by atoms with Crippen molar-refractivity contribution in [3.8, 4) is 0 Å². The third kappa shape index (κ3) is 4.10. The Labute approximate surface area is 82.0 Å². The number of ether oxygens (including phenoxy) is 1. The maximum Gasteiger partial charge on any atom is 0.0474 e. The highest BCUT2D eigenvalue weighted by atomic mass is 16.5. The SMILES string of the molecule is COCCCN[C@@H]1CCCC[C@@H]1C. The van der Waals surface area contributed by atoms with Gasteiger partial charge in [0.2, 0.25) is 0 Å². The van der Waals surface area contributed by atoms with Gasteiger partial charge in [0.15, 0.2) is 0 Å². The van der Waals surface area contributed by atoms with E-state index in [-0.39, 0.29) is 0 Å². The number of hydrogen-bond donors (Lipinski definition) is 1. The second kappa shape index (κ2) is 6.39. The van der Waals surface area contributed by atoms with Crippen LogP contribution in [0.5, 0.6) is 0 Å². The van der Waals surface area contributed by atoms with Crippen molar-refractivity contribution in [2.45, 2.75) is 45.1 Å². The van der Waals surface area contributed by atoms with Crippen molar-refractivity contribution in [3.63, 3.8) is 0 Å². The van der Waals surface area contributed by atoms with Crippen molar-refractivity contribution in [1.29, 1.82) is 0 Å². The van der Waals surface area contributed by atoms with E-state index >= 15 is 0 Å². The number of hydrogen-bond acceptors (Lipinski definition) is 2. The molecule has 1 rings (SSSR count). The van der Waals surface area contributed by atoms with Crippen LogP contribution in [0.25, 0.3) is 0 Å². The molecule has 1 aliphatic rings. The van der Waals surface area contributed by atoms with Crippen LogP contribution in [0.1, 0.15) is 39.0 Å². The minimum Gasteiger partial charge on any atom is -0.385 e. The van der Waals surface area contributed by atoms with Crippen LogP contribution >= 0.6 is 0 Å². The predicted molar refractivity (Wildman–Crippen MR) is 55.9 cm³/mol. The summed E-state index contributed by atoms with van der Waals surface area (Å²) in [5.74, 6) is 0.872. The van der Waals surface area contributed by atoms with Crippen LogP contribution in [-0.2, 0) is 4.74 Å². The fourth-order valence-electron chi connectivity index (χ4n) is 2.12. The van der Waals surface area contributed by atoms with Gasteiger partial charge in [0, 0.05) is 19.8 Å². The van der Waals surface area contributed by atoms with Crippen LogP contribution < -0.4 is 5.32 Å². The molecule has 0 amide bonds. The lowest BCUT2D eigenvalue weighted by atomic mass is 9.86. The molecule has 0 spiro atoms. The first kappa shape index (κ1) is 11.0. The Bertz CT molecular complexity index is 127. The summed E-state index contributed by atoms with van der Waals surface area (Å²) in [5, 5.41) is 3.63. The minimum absolute atomic E-state index is 0.769. The monoisotopic (exact) mass is 185 g/mol. The van der Waals surface area contributed by atoms with Crippen LogP contribution in [0.4, 0.5) is 0 Å². The second-order valence-electron chi connectivity index (χ2n) is 4.17. The van der Waals surface area contributed by atoms with E-state index in [1.165, 1.54) is 25.7 Å². The largest absolute Gasteiger partial charge is 0.385 e. The molecule has 1 fully saturated rings. The molecule has 0 heterocycles. The van der Waals surface area contributed by atoms with E-state index in [4.69, 9.17) is 4.74 Å². The third-order valence-corrected chi connectivity index (χ3v) is 3.04. The smallest absolute Gasteiger partial charge is 0.0474 e. The number of nitrogens with one attached hydrogen (secondary N) is 1. The summed E-state index contributed by atoms with van der Waals surface area (Å²) in [6.45, 7) is 4.37. The van der Waals surface area contributed by atoms with E-state index < -0.39 is 0 Å². The van der Waals surface area contributed by atoms with Gasteiger partial charge in [-0.15, -0.1) is 0 Å². The van der Waals surface area contributed by atoms with Gasteiger partial charge in [0.25, 0.3) is 0 Å². The van der Waals surface area contributed by atoms with Crippen LogP contribution in [0.3, 0.4) is 0 Å². The van der Waals surface area contributed by atoms with E-state index in [2.05, 4.69) is 12.2 Å². The highest BCUT2D eigenvalue weighted by molar-refractivity contribution is 4.77. The van der Waals surface area contributed by atoms with E-state index in [0.717, 1.165) is 31.5 Å². The van der Waals surface area contributed by atoms with Gasteiger partial charge in [-0.25, -0.2) is 0 Å². The normalized spacial score (nSPS) is 29.1. The third-order valence-electron chi connectivity index (χ3n) is 3.04. The van der Waals surface area contributed by atoms with Crippen molar-refractivity contribution in [2.75, 3.05) is 20.3 Å². The van der Waals surface area contributed by atoms with Gasteiger partial charge in [0.1, 0.15) is 0 Å². The standard InChI is InChI=1S/C11H23NO/c1-10-6-3-4-7-11(10)12-8-5-9-13-2/h10-12H,3-9H2,1-2H3/t10-,11+/m0/s1. The number of methoxy groups -OCH3 is 1. The van der Waals surface area contributed by atoms with Gasteiger partial charge < -0.3 is 10.1 Å². The molecule has 1 saturated carbocycles. The van der Waals surface area contributed by atoms with E-state index in [0.29, 0.717) is 0 Å². The maximum absolute atomic E-state index is 5.02. The predicted octanol–water partition coefficient (Wildman–Crippen LogP) is 2.19. The number of rotatable bonds is 5. The molecular weight excluding hydrogens is 162 g/mol. The molecule has 13 heavy (non-hydrogen) atoms. The average molecular weight is 185 g/mol. The van der Waals surface area contributed by atoms with Gasteiger partial charge in [-0.2, -0.15) is 0 Å².